The number of carboxylic acids is 1. The van der Waals surface area contributed by atoms with E-state index in [0.29, 0.717) is 5.02 Å². The number of hydrogen-bond donors (Lipinski definition) is 5. The van der Waals surface area contributed by atoms with E-state index in [2.05, 4.69) is 17.9 Å². The molecule has 0 aliphatic rings. The predicted octanol–water partition coefficient (Wildman–Crippen LogP) is 2.23. The van der Waals surface area contributed by atoms with Crippen molar-refractivity contribution in [2.45, 2.75) is 38.5 Å². The average Bonchev–Trinajstić information content (AvgIpc) is 2.50. The Morgan fingerprint density at radius 1 is 1.40 bits per heavy atom. The molecule has 0 radical (unpaired) electrons. The largest absolute Gasteiger partial charge is 0.480 e. The van der Waals surface area contributed by atoms with Crippen molar-refractivity contribution in [2.24, 2.45) is 5.73 Å². The van der Waals surface area contributed by atoms with E-state index in [-0.39, 0.29) is 12.3 Å². The average molecular weight is 393 g/mol. The Kier molecular flexibility index (Phi) is 10.5. The quantitative estimate of drug-likeness (QED) is 0.490. The number of aliphatic hydroxyl groups excluding tert-OH is 1. The molecule has 0 bridgehead atoms. The van der Waals surface area contributed by atoms with Crippen molar-refractivity contribution in [1.29, 1.82) is 0 Å². The number of alkyl carbamates (subject to hydrolysis) is 1. The SMILES string of the molecule is CC(C)(C)OC(=O)N[C@@H](CS)C(=O)O.NC[C@@H](O)c1cccc(Cl)c1. The summed E-state index contributed by atoms with van der Waals surface area (Å²) < 4.78 is 4.87. The molecule has 1 aromatic rings. The fraction of sp³-hybridized carbons (Fsp3) is 0.500. The molecule has 25 heavy (non-hydrogen) atoms. The van der Waals surface area contributed by atoms with Crippen molar-refractivity contribution in [1.82, 2.24) is 5.32 Å². The summed E-state index contributed by atoms with van der Waals surface area (Å²) in [6.45, 7) is 5.31. The second-order valence-corrected chi connectivity index (χ2v) is 6.83. The normalized spacial score (nSPS) is 13.1. The third-order valence-electron chi connectivity index (χ3n) is 2.63. The highest BCUT2D eigenvalue weighted by Gasteiger charge is 2.22. The number of nitrogens with one attached hydrogen (secondary N) is 1. The van der Waals surface area contributed by atoms with Gasteiger partial charge in [-0.25, -0.2) is 9.59 Å². The van der Waals surface area contributed by atoms with Crippen LogP contribution in [-0.4, -0.2) is 46.2 Å². The van der Waals surface area contributed by atoms with E-state index in [1.165, 1.54) is 0 Å². The number of carboxylic acid groups (broad SMARTS) is 1. The molecule has 5 N–H and O–H groups in total. The van der Waals surface area contributed by atoms with Gasteiger partial charge in [0.15, 0.2) is 0 Å². The van der Waals surface area contributed by atoms with Crippen LogP contribution in [0.1, 0.15) is 32.4 Å². The summed E-state index contributed by atoms with van der Waals surface area (Å²) in [7, 11) is 0. The molecule has 0 aliphatic carbocycles. The summed E-state index contributed by atoms with van der Waals surface area (Å²) in [5, 5.41) is 20.7. The number of amides is 1. The fourth-order valence-corrected chi connectivity index (χ4v) is 1.93. The van der Waals surface area contributed by atoms with Crippen molar-refractivity contribution >= 4 is 36.3 Å². The van der Waals surface area contributed by atoms with E-state index in [1.807, 2.05) is 0 Å². The van der Waals surface area contributed by atoms with E-state index in [0.717, 1.165) is 5.56 Å². The Bertz CT molecular complexity index is 566. The topological polar surface area (TPSA) is 122 Å². The number of aliphatic carboxylic acids is 1. The van der Waals surface area contributed by atoms with Gasteiger partial charge >= 0.3 is 12.1 Å². The van der Waals surface area contributed by atoms with Crippen LogP contribution < -0.4 is 11.1 Å². The minimum Gasteiger partial charge on any atom is -0.480 e. The molecule has 1 aromatic carbocycles. The highest BCUT2D eigenvalue weighted by Crippen LogP contribution is 2.16. The molecule has 7 nitrogen and oxygen atoms in total. The molecular formula is C16H25ClN2O5S. The first-order valence-electron chi connectivity index (χ1n) is 7.47. The second-order valence-electron chi connectivity index (χ2n) is 6.03. The lowest BCUT2D eigenvalue weighted by Crippen LogP contribution is -2.44. The molecule has 1 rings (SSSR count). The smallest absolute Gasteiger partial charge is 0.408 e. The minimum absolute atomic E-state index is 0.0224. The summed E-state index contributed by atoms with van der Waals surface area (Å²) in [4.78, 5) is 21.6. The third-order valence-corrected chi connectivity index (χ3v) is 3.23. The second kappa shape index (κ2) is 11.2. The molecule has 1 amide bonds. The first-order valence-corrected chi connectivity index (χ1v) is 8.48. The van der Waals surface area contributed by atoms with Crippen molar-refractivity contribution < 1.29 is 24.5 Å². The van der Waals surface area contributed by atoms with Crippen LogP contribution in [0.2, 0.25) is 5.02 Å². The number of carbonyl (C=O) groups excluding carboxylic acids is 1. The lowest BCUT2D eigenvalue weighted by molar-refractivity contribution is -0.138. The molecule has 2 atom stereocenters. The van der Waals surface area contributed by atoms with Gasteiger partial charge in [-0.3, -0.25) is 0 Å². The lowest BCUT2D eigenvalue weighted by atomic mass is 10.1. The van der Waals surface area contributed by atoms with Crippen LogP contribution in [0.3, 0.4) is 0 Å². The summed E-state index contributed by atoms with van der Waals surface area (Å²) in [5.41, 5.74) is 5.39. The Balaban J connectivity index is 0.000000472. The molecule has 0 spiro atoms. The molecule has 0 saturated heterocycles. The first-order chi connectivity index (χ1) is 11.5. The van der Waals surface area contributed by atoms with E-state index >= 15 is 0 Å². The number of aliphatic hydroxyl groups is 1. The van der Waals surface area contributed by atoms with Gasteiger partial charge in [0.25, 0.3) is 0 Å². The van der Waals surface area contributed by atoms with Gasteiger partial charge in [0.05, 0.1) is 6.10 Å². The van der Waals surface area contributed by atoms with Crippen molar-refractivity contribution in [3.05, 3.63) is 34.9 Å². The zero-order valence-corrected chi connectivity index (χ0v) is 16.1. The Hall–Kier alpha value is -1.48. The van der Waals surface area contributed by atoms with Crippen LogP contribution in [0.5, 0.6) is 0 Å². The van der Waals surface area contributed by atoms with E-state index in [4.69, 9.17) is 27.2 Å². The Morgan fingerprint density at radius 3 is 2.40 bits per heavy atom. The molecule has 0 unspecified atom stereocenters. The van der Waals surface area contributed by atoms with E-state index in [9.17, 15) is 14.7 Å². The molecular weight excluding hydrogens is 368 g/mol. The van der Waals surface area contributed by atoms with Gasteiger partial charge in [0.2, 0.25) is 0 Å². The number of thiol groups is 1. The zero-order valence-electron chi connectivity index (χ0n) is 14.4. The third kappa shape index (κ3) is 10.9. The van der Waals surface area contributed by atoms with E-state index < -0.39 is 29.8 Å². The van der Waals surface area contributed by atoms with Gasteiger partial charge in [-0.05, 0) is 38.5 Å². The Labute approximate surface area is 157 Å². The number of hydrogen-bond acceptors (Lipinski definition) is 6. The number of halogens is 1. The molecule has 9 heteroatoms. The highest BCUT2D eigenvalue weighted by molar-refractivity contribution is 7.80. The van der Waals surface area contributed by atoms with Gasteiger partial charge in [0.1, 0.15) is 11.6 Å². The number of rotatable bonds is 5. The number of benzene rings is 1. The fourth-order valence-electron chi connectivity index (χ4n) is 1.49. The molecule has 0 heterocycles. The molecule has 0 aromatic heterocycles. The lowest BCUT2D eigenvalue weighted by Gasteiger charge is -2.21. The highest BCUT2D eigenvalue weighted by atomic mass is 35.5. The van der Waals surface area contributed by atoms with Crippen LogP contribution >= 0.6 is 24.2 Å². The van der Waals surface area contributed by atoms with Crippen LogP contribution in [-0.2, 0) is 9.53 Å². The summed E-state index contributed by atoms with van der Waals surface area (Å²) in [6, 6.07) is 6.03. The van der Waals surface area contributed by atoms with Crippen molar-refractivity contribution in [3.63, 3.8) is 0 Å². The molecule has 0 saturated carbocycles. The molecule has 0 fully saturated rings. The maximum Gasteiger partial charge on any atom is 0.408 e. The van der Waals surface area contributed by atoms with Gasteiger partial charge in [-0.2, -0.15) is 12.6 Å². The van der Waals surface area contributed by atoms with Crippen LogP contribution in [0, 0.1) is 0 Å². The summed E-state index contributed by atoms with van der Waals surface area (Å²) in [6.07, 6.45) is -1.35. The number of carbonyl (C=O) groups is 2. The first kappa shape index (κ1) is 23.5. The van der Waals surface area contributed by atoms with Crippen molar-refractivity contribution in [3.8, 4) is 0 Å². The monoisotopic (exact) mass is 392 g/mol. The van der Waals surface area contributed by atoms with Gasteiger partial charge < -0.3 is 26.0 Å². The molecule has 0 aliphatic heterocycles. The predicted molar refractivity (Wildman–Crippen MR) is 100 cm³/mol. The molecule has 142 valence electrons. The Morgan fingerprint density at radius 2 is 2.00 bits per heavy atom. The number of nitrogens with two attached hydrogens (primary N) is 1. The zero-order chi connectivity index (χ0) is 19.6. The van der Waals surface area contributed by atoms with E-state index in [1.54, 1.807) is 45.0 Å². The standard InChI is InChI=1S/C8H10ClNO.C8H15NO4S/c9-7-3-1-2-6(4-7)8(11)5-10;1-8(2,3)13-7(12)9-5(4-14)6(10)11/h1-4,8,11H,5,10H2;5,14H,4H2,1-3H3,(H,9,12)(H,10,11)/t8-;5-/m10/s1. The van der Waals surface area contributed by atoms with Crippen LogP contribution in [0.25, 0.3) is 0 Å². The van der Waals surface area contributed by atoms with Gasteiger partial charge in [-0.15, -0.1) is 0 Å². The van der Waals surface area contributed by atoms with Gasteiger partial charge in [0, 0.05) is 17.3 Å². The van der Waals surface area contributed by atoms with Crippen LogP contribution in [0.4, 0.5) is 4.79 Å². The maximum atomic E-state index is 11.1. The maximum absolute atomic E-state index is 11.1. The van der Waals surface area contributed by atoms with Crippen molar-refractivity contribution in [2.75, 3.05) is 12.3 Å². The summed E-state index contributed by atoms with van der Waals surface area (Å²) in [5.74, 6) is -1.11. The summed E-state index contributed by atoms with van der Waals surface area (Å²) >= 11 is 9.48. The minimum atomic E-state index is -1.13. The van der Waals surface area contributed by atoms with Crippen LogP contribution in [0.15, 0.2) is 24.3 Å². The van der Waals surface area contributed by atoms with Gasteiger partial charge in [-0.1, -0.05) is 23.7 Å². The number of ether oxygens (including phenoxy) is 1.